The van der Waals surface area contributed by atoms with Crippen LogP contribution in [0.4, 0.5) is 0 Å². The number of rotatable bonds is 2. The molecule has 4 aliphatic carbocycles. The van der Waals surface area contributed by atoms with Gasteiger partial charge in [0.1, 0.15) is 0 Å². The number of nitrogens with zero attached hydrogens (tertiary/aromatic N) is 1. The molecule has 5 heteroatoms. The SMILES string of the molecule is CC1CN(C(=O)C(=O)NC(C)C23CC4CC(CC(C4)C2)C3)CC(C)O1. The lowest BCUT2D eigenvalue weighted by molar-refractivity contribution is -0.154. The van der Waals surface area contributed by atoms with Gasteiger partial charge in [-0.1, -0.05) is 0 Å². The summed E-state index contributed by atoms with van der Waals surface area (Å²) in [6.07, 6.45) is 7.86. The molecule has 1 heterocycles. The van der Waals surface area contributed by atoms with Crippen molar-refractivity contribution in [2.75, 3.05) is 13.1 Å². The Morgan fingerprint density at radius 2 is 1.48 bits per heavy atom. The Morgan fingerprint density at radius 3 is 1.96 bits per heavy atom. The second-order valence-corrected chi connectivity index (χ2v) is 9.44. The Labute approximate surface area is 150 Å². The number of hydrogen-bond donors (Lipinski definition) is 1. The average Bonchev–Trinajstić information content (AvgIpc) is 2.51. The van der Waals surface area contributed by atoms with Crippen LogP contribution in [0.2, 0.25) is 0 Å². The van der Waals surface area contributed by atoms with Crippen molar-refractivity contribution in [2.45, 2.75) is 77.5 Å². The maximum atomic E-state index is 12.6. The van der Waals surface area contributed by atoms with E-state index in [9.17, 15) is 9.59 Å². The second-order valence-electron chi connectivity index (χ2n) is 9.44. The van der Waals surface area contributed by atoms with Crippen LogP contribution in [-0.2, 0) is 14.3 Å². The van der Waals surface area contributed by atoms with Crippen molar-refractivity contribution in [2.24, 2.45) is 23.2 Å². The predicted molar refractivity (Wildman–Crippen MR) is 94.8 cm³/mol. The zero-order valence-electron chi connectivity index (χ0n) is 15.8. The second kappa shape index (κ2) is 6.26. The number of ether oxygens (including phenoxy) is 1. The molecule has 140 valence electrons. The molecule has 0 aromatic heterocycles. The third kappa shape index (κ3) is 3.20. The van der Waals surface area contributed by atoms with Gasteiger partial charge < -0.3 is 15.0 Å². The van der Waals surface area contributed by atoms with Gasteiger partial charge in [-0.15, -0.1) is 0 Å². The summed E-state index contributed by atoms with van der Waals surface area (Å²) in [6, 6.07) is 0.0910. The van der Waals surface area contributed by atoms with Crippen LogP contribution in [0.5, 0.6) is 0 Å². The van der Waals surface area contributed by atoms with Crippen molar-refractivity contribution in [3.63, 3.8) is 0 Å². The van der Waals surface area contributed by atoms with Gasteiger partial charge in [0.2, 0.25) is 0 Å². The maximum Gasteiger partial charge on any atom is 0.312 e. The van der Waals surface area contributed by atoms with Crippen LogP contribution in [0.3, 0.4) is 0 Å². The minimum atomic E-state index is -0.426. The van der Waals surface area contributed by atoms with Crippen molar-refractivity contribution in [3.8, 4) is 0 Å². The van der Waals surface area contributed by atoms with Crippen LogP contribution in [0.15, 0.2) is 0 Å². The van der Waals surface area contributed by atoms with Crippen molar-refractivity contribution >= 4 is 11.8 Å². The van der Waals surface area contributed by atoms with E-state index in [1.54, 1.807) is 4.90 Å². The molecule has 5 aliphatic rings. The van der Waals surface area contributed by atoms with Crippen LogP contribution in [0.1, 0.15) is 59.3 Å². The Morgan fingerprint density at radius 1 is 1.00 bits per heavy atom. The molecule has 2 amide bonds. The molecule has 5 rings (SSSR count). The first kappa shape index (κ1) is 17.3. The molecular weight excluding hydrogens is 316 g/mol. The lowest BCUT2D eigenvalue weighted by atomic mass is 9.48. The largest absolute Gasteiger partial charge is 0.372 e. The zero-order chi connectivity index (χ0) is 17.8. The van der Waals surface area contributed by atoms with Crippen LogP contribution < -0.4 is 5.32 Å². The van der Waals surface area contributed by atoms with Crippen LogP contribution in [0.25, 0.3) is 0 Å². The molecule has 3 unspecified atom stereocenters. The fourth-order valence-electron chi connectivity index (χ4n) is 6.61. The number of nitrogens with one attached hydrogen (secondary N) is 1. The summed E-state index contributed by atoms with van der Waals surface area (Å²) in [4.78, 5) is 26.9. The summed E-state index contributed by atoms with van der Waals surface area (Å²) in [5, 5.41) is 3.09. The molecule has 1 N–H and O–H groups in total. The zero-order valence-corrected chi connectivity index (χ0v) is 15.8. The summed E-state index contributed by atoms with van der Waals surface area (Å²) >= 11 is 0. The molecule has 5 nitrogen and oxygen atoms in total. The topological polar surface area (TPSA) is 58.6 Å². The van der Waals surface area contributed by atoms with Gasteiger partial charge in [-0.05, 0) is 82.5 Å². The lowest BCUT2D eigenvalue weighted by Gasteiger charge is -2.59. The van der Waals surface area contributed by atoms with Crippen molar-refractivity contribution < 1.29 is 14.3 Å². The molecule has 3 atom stereocenters. The van der Waals surface area contributed by atoms with Gasteiger partial charge in [-0.25, -0.2) is 0 Å². The van der Waals surface area contributed by atoms with E-state index in [-0.39, 0.29) is 23.7 Å². The molecule has 25 heavy (non-hydrogen) atoms. The highest BCUT2D eigenvalue weighted by molar-refractivity contribution is 6.35. The maximum absolute atomic E-state index is 12.6. The van der Waals surface area contributed by atoms with Crippen molar-refractivity contribution in [3.05, 3.63) is 0 Å². The Balaban J connectivity index is 1.40. The Bertz CT molecular complexity index is 516. The Kier molecular flexibility index (Phi) is 4.33. The summed E-state index contributed by atoms with van der Waals surface area (Å²) in [5.74, 6) is 1.73. The minimum Gasteiger partial charge on any atom is -0.372 e. The molecular formula is C20H32N2O3. The normalized spacial score (nSPS) is 43.8. The number of carbonyl (C=O) groups is 2. The highest BCUT2D eigenvalue weighted by Crippen LogP contribution is 2.61. The molecule has 4 saturated carbocycles. The molecule has 4 bridgehead atoms. The molecule has 1 aliphatic heterocycles. The van der Waals surface area contributed by atoms with Crippen LogP contribution in [0, 0.1) is 23.2 Å². The number of hydrogen-bond acceptors (Lipinski definition) is 3. The fourth-order valence-corrected chi connectivity index (χ4v) is 6.61. The van der Waals surface area contributed by atoms with E-state index < -0.39 is 11.8 Å². The average molecular weight is 348 g/mol. The van der Waals surface area contributed by atoms with E-state index in [0.29, 0.717) is 13.1 Å². The van der Waals surface area contributed by atoms with E-state index in [4.69, 9.17) is 4.74 Å². The van der Waals surface area contributed by atoms with E-state index in [2.05, 4.69) is 12.2 Å². The number of amides is 2. The van der Waals surface area contributed by atoms with Gasteiger partial charge in [0.15, 0.2) is 0 Å². The Hall–Kier alpha value is -1.10. The van der Waals surface area contributed by atoms with Gasteiger partial charge in [-0.2, -0.15) is 0 Å². The molecule has 0 aromatic carbocycles. The van der Waals surface area contributed by atoms with Gasteiger partial charge in [-0.3, -0.25) is 9.59 Å². The standard InChI is InChI=1S/C20H32N2O3/c1-12-10-22(11-13(2)25-12)19(24)18(23)21-14(3)20-7-15-4-16(8-20)6-17(5-15)9-20/h12-17H,4-11H2,1-3H3,(H,21,23). The highest BCUT2D eigenvalue weighted by Gasteiger charge is 2.53. The minimum absolute atomic E-state index is 0.0129. The van der Waals surface area contributed by atoms with Gasteiger partial charge in [0.25, 0.3) is 0 Å². The van der Waals surface area contributed by atoms with Crippen LogP contribution in [-0.4, -0.2) is 48.1 Å². The van der Waals surface area contributed by atoms with Gasteiger partial charge >= 0.3 is 11.8 Å². The molecule has 0 spiro atoms. The fraction of sp³-hybridized carbons (Fsp3) is 0.900. The summed E-state index contributed by atoms with van der Waals surface area (Å²) in [7, 11) is 0. The third-order valence-corrected chi connectivity index (χ3v) is 7.25. The van der Waals surface area contributed by atoms with E-state index in [0.717, 1.165) is 17.8 Å². The quantitative estimate of drug-likeness (QED) is 0.779. The van der Waals surface area contributed by atoms with E-state index >= 15 is 0 Å². The smallest absolute Gasteiger partial charge is 0.312 e. The number of carbonyl (C=O) groups excluding carboxylic acids is 2. The third-order valence-electron chi connectivity index (χ3n) is 7.25. The summed E-state index contributed by atoms with van der Waals surface area (Å²) in [5.41, 5.74) is 0.232. The van der Waals surface area contributed by atoms with E-state index in [1.165, 1.54) is 38.5 Å². The first-order valence-electron chi connectivity index (χ1n) is 10.1. The predicted octanol–water partition coefficient (Wildman–Crippen LogP) is 2.34. The number of morpholine rings is 1. The molecule has 0 aromatic rings. The summed E-state index contributed by atoms with van der Waals surface area (Å²) in [6.45, 7) is 7.03. The molecule has 1 saturated heterocycles. The van der Waals surface area contributed by atoms with Gasteiger partial charge in [0, 0.05) is 19.1 Å². The first-order chi connectivity index (χ1) is 11.8. The highest BCUT2D eigenvalue weighted by atomic mass is 16.5. The monoisotopic (exact) mass is 348 g/mol. The molecule has 5 fully saturated rings. The summed E-state index contributed by atoms with van der Waals surface area (Å²) < 4.78 is 5.67. The van der Waals surface area contributed by atoms with Crippen molar-refractivity contribution in [1.29, 1.82) is 0 Å². The van der Waals surface area contributed by atoms with Crippen molar-refractivity contribution in [1.82, 2.24) is 10.2 Å². The first-order valence-corrected chi connectivity index (χ1v) is 10.1. The van der Waals surface area contributed by atoms with Crippen LogP contribution >= 0.6 is 0 Å². The van der Waals surface area contributed by atoms with E-state index in [1.807, 2.05) is 13.8 Å². The van der Waals surface area contributed by atoms with Gasteiger partial charge in [0.05, 0.1) is 12.2 Å². The molecule has 0 radical (unpaired) electrons. The lowest BCUT2D eigenvalue weighted by Crippen LogP contribution is -2.58.